The maximum atomic E-state index is 12.3. The Hall–Kier alpha value is -1.28. The van der Waals surface area contributed by atoms with Crippen LogP contribution in [0.25, 0.3) is 0 Å². The Morgan fingerprint density at radius 3 is 2.95 bits per heavy atom. The van der Waals surface area contributed by atoms with Crippen LogP contribution in [-0.2, 0) is 4.79 Å². The van der Waals surface area contributed by atoms with Gasteiger partial charge in [-0.15, -0.1) is 23.1 Å². The van der Waals surface area contributed by atoms with Gasteiger partial charge in [-0.05, 0) is 6.42 Å². The van der Waals surface area contributed by atoms with Gasteiger partial charge >= 0.3 is 12.0 Å². The Kier molecular flexibility index (Phi) is 5.46. The van der Waals surface area contributed by atoms with Crippen LogP contribution in [0, 0.1) is 0 Å². The van der Waals surface area contributed by atoms with E-state index < -0.39 is 12.0 Å². The number of carbonyl (C=O) groups excluding carboxylic acids is 1. The Morgan fingerprint density at radius 1 is 1.62 bits per heavy atom. The van der Waals surface area contributed by atoms with Crippen LogP contribution >= 0.6 is 23.1 Å². The van der Waals surface area contributed by atoms with Gasteiger partial charge in [0.05, 0.1) is 10.4 Å². The first-order valence-electron chi connectivity index (χ1n) is 6.84. The van der Waals surface area contributed by atoms with Gasteiger partial charge in [0, 0.05) is 29.8 Å². The molecule has 1 aromatic rings. The van der Waals surface area contributed by atoms with Crippen molar-refractivity contribution < 1.29 is 14.7 Å². The fourth-order valence-electron chi connectivity index (χ4n) is 2.24. The summed E-state index contributed by atoms with van der Waals surface area (Å²) in [5.74, 6) is -0.377. The summed E-state index contributed by atoms with van der Waals surface area (Å²) in [4.78, 5) is 29.3. The van der Waals surface area contributed by atoms with Crippen LogP contribution in [0.4, 0.5) is 4.79 Å². The number of carbonyl (C=O) groups is 2. The molecule has 3 atom stereocenters. The standard InChI is InChI=1S/C13H19N3O3S2/c1-3-10-16(9(7-21-10)12(17)18)13(19)15-6-8(2)11-14-4-5-20-11/h4-5,8-10H,3,6-7H2,1-2H3,(H,15,19)(H,17,18). The molecule has 0 radical (unpaired) electrons. The third-order valence-electron chi connectivity index (χ3n) is 3.39. The third-order valence-corrected chi connectivity index (χ3v) is 5.85. The van der Waals surface area contributed by atoms with Crippen molar-refractivity contribution in [3.63, 3.8) is 0 Å². The first-order chi connectivity index (χ1) is 10.0. The lowest BCUT2D eigenvalue weighted by Crippen LogP contribution is -2.50. The molecule has 6 nitrogen and oxygen atoms in total. The molecule has 0 saturated carbocycles. The topological polar surface area (TPSA) is 82.5 Å². The number of hydrogen-bond acceptors (Lipinski definition) is 5. The first kappa shape index (κ1) is 16.1. The molecule has 2 heterocycles. The van der Waals surface area contributed by atoms with Crippen molar-refractivity contribution >= 4 is 35.1 Å². The summed E-state index contributed by atoms with van der Waals surface area (Å²) in [7, 11) is 0. The van der Waals surface area contributed by atoms with Gasteiger partial charge < -0.3 is 10.4 Å². The van der Waals surface area contributed by atoms with Crippen LogP contribution in [0.1, 0.15) is 31.2 Å². The molecular formula is C13H19N3O3S2. The number of nitrogens with one attached hydrogen (secondary N) is 1. The maximum Gasteiger partial charge on any atom is 0.327 e. The second-order valence-electron chi connectivity index (χ2n) is 4.91. The van der Waals surface area contributed by atoms with E-state index in [4.69, 9.17) is 0 Å². The molecule has 8 heteroatoms. The van der Waals surface area contributed by atoms with Crippen LogP contribution in [0.5, 0.6) is 0 Å². The van der Waals surface area contributed by atoms with E-state index in [0.29, 0.717) is 12.3 Å². The van der Waals surface area contributed by atoms with Crippen molar-refractivity contribution in [1.82, 2.24) is 15.2 Å². The monoisotopic (exact) mass is 329 g/mol. The van der Waals surface area contributed by atoms with Crippen LogP contribution in [-0.4, -0.2) is 50.7 Å². The zero-order chi connectivity index (χ0) is 15.4. The third kappa shape index (κ3) is 3.68. The van der Waals surface area contributed by atoms with E-state index in [2.05, 4.69) is 10.3 Å². The van der Waals surface area contributed by atoms with E-state index in [1.54, 1.807) is 17.5 Å². The van der Waals surface area contributed by atoms with Crippen molar-refractivity contribution in [3.05, 3.63) is 16.6 Å². The van der Waals surface area contributed by atoms with Gasteiger partial charge in [0.1, 0.15) is 6.04 Å². The largest absolute Gasteiger partial charge is 0.480 e. The number of aromatic nitrogens is 1. The molecule has 0 bridgehead atoms. The van der Waals surface area contributed by atoms with E-state index in [1.165, 1.54) is 16.7 Å². The van der Waals surface area contributed by atoms with Crippen LogP contribution in [0.15, 0.2) is 11.6 Å². The van der Waals surface area contributed by atoms with Gasteiger partial charge in [0.2, 0.25) is 0 Å². The Morgan fingerprint density at radius 2 is 2.38 bits per heavy atom. The Bertz CT molecular complexity index is 495. The molecule has 2 N–H and O–H groups in total. The second-order valence-corrected chi connectivity index (χ2v) is 7.05. The van der Waals surface area contributed by atoms with E-state index in [-0.39, 0.29) is 17.3 Å². The number of rotatable bonds is 5. The highest BCUT2D eigenvalue weighted by Crippen LogP contribution is 2.31. The summed E-state index contributed by atoms with van der Waals surface area (Å²) in [6, 6.07) is -1.04. The van der Waals surface area contributed by atoms with Crippen LogP contribution in [0.3, 0.4) is 0 Å². The predicted molar refractivity (Wildman–Crippen MR) is 83.7 cm³/mol. The van der Waals surface area contributed by atoms with Gasteiger partial charge in [0.15, 0.2) is 0 Å². The normalized spacial score (nSPS) is 23.0. The molecule has 21 heavy (non-hydrogen) atoms. The summed E-state index contributed by atoms with van der Waals surface area (Å²) in [6.07, 6.45) is 2.48. The Labute approximate surface area is 131 Å². The molecule has 0 aliphatic carbocycles. The minimum atomic E-state index is -0.943. The SMILES string of the molecule is CCC1SCC(C(=O)O)N1C(=O)NCC(C)c1nccs1. The predicted octanol–water partition coefficient (Wildman–Crippen LogP) is 2.19. The molecular weight excluding hydrogens is 310 g/mol. The number of aliphatic carboxylic acids is 1. The van der Waals surface area contributed by atoms with Crippen molar-refractivity contribution in [3.8, 4) is 0 Å². The molecule has 1 aliphatic rings. The summed E-state index contributed by atoms with van der Waals surface area (Å²) in [6.45, 7) is 4.40. The maximum absolute atomic E-state index is 12.3. The molecule has 1 fully saturated rings. The van der Waals surface area contributed by atoms with E-state index in [1.807, 2.05) is 19.2 Å². The smallest absolute Gasteiger partial charge is 0.327 e. The van der Waals surface area contributed by atoms with E-state index in [9.17, 15) is 14.7 Å². The molecule has 0 spiro atoms. The van der Waals surface area contributed by atoms with Crippen LogP contribution in [0.2, 0.25) is 0 Å². The lowest BCUT2D eigenvalue weighted by molar-refractivity contribution is -0.141. The molecule has 2 rings (SSSR count). The highest BCUT2D eigenvalue weighted by Gasteiger charge is 2.40. The summed E-state index contributed by atoms with van der Waals surface area (Å²) < 4.78 is 0. The average molecular weight is 329 g/mol. The van der Waals surface area contributed by atoms with Crippen molar-refractivity contribution in [2.75, 3.05) is 12.3 Å². The fourth-order valence-corrected chi connectivity index (χ4v) is 4.28. The summed E-state index contributed by atoms with van der Waals surface area (Å²) >= 11 is 3.07. The number of hydrogen-bond donors (Lipinski definition) is 2. The highest BCUT2D eigenvalue weighted by molar-refractivity contribution is 8.00. The fraction of sp³-hybridized carbons (Fsp3) is 0.615. The minimum absolute atomic E-state index is 0.0683. The van der Waals surface area contributed by atoms with Crippen molar-refractivity contribution in [2.45, 2.75) is 37.6 Å². The van der Waals surface area contributed by atoms with Gasteiger partial charge in [-0.3, -0.25) is 4.90 Å². The quantitative estimate of drug-likeness (QED) is 0.865. The van der Waals surface area contributed by atoms with Gasteiger partial charge in [0.25, 0.3) is 0 Å². The molecule has 3 unspecified atom stereocenters. The average Bonchev–Trinajstić information content (AvgIpc) is 3.12. The number of nitrogens with zero attached hydrogens (tertiary/aromatic N) is 2. The summed E-state index contributed by atoms with van der Waals surface area (Å²) in [5, 5.41) is 14.9. The van der Waals surface area contributed by atoms with Gasteiger partial charge in [-0.2, -0.15) is 0 Å². The molecule has 116 valence electrons. The van der Waals surface area contributed by atoms with Crippen LogP contribution < -0.4 is 5.32 Å². The number of urea groups is 1. The number of amides is 2. The van der Waals surface area contributed by atoms with E-state index in [0.717, 1.165) is 11.4 Å². The number of carboxylic acid groups (broad SMARTS) is 1. The minimum Gasteiger partial charge on any atom is -0.480 e. The summed E-state index contributed by atoms with van der Waals surface area (Å²) in [5.41, 5.74) is 0. The molecule has 0 aromatic carbocycles. The second kappa shape index (κ2) is 7.13. The molecule has 1 saturated heterocycles. The van der Waals surface area contributed by atoms with Crippen molar-refractivity contribution in [2.24, 2.45) is 0 Å². The first-order valence-corrected chi connectivity index (χ1v) is 8.77. The van der Waals surface area contributed by atoms with Gasteiger partial charge in [-0.25, -0.2) is 14.6 Å². The van der Waals surface area contributed by atoms with Crippen molar-refractivity contribution in [1.29, 1.82) is 0 Å². The molecule has 1 aliphatic heterocycles. The zero-order valence-electron chi connectivity index (χ0n) is 12.0. The lowest BCUT2D eigenvalue weighted by Gasteiger charge is -2.27. The van der Waals surface area contributed by atoms with E-state index >= 15 is 0 Å². The molecule has 1 aromatic heterocycles. The van der Waals surface area contributed by atoms with Gasteiger partial charge in [-0.1, -0.05) is 13.8 Å². The number of thioether (sulfide) groups is 1. The number of thiazole rings is 1. The molecule has 2 amide bonds. The Balaban J connectivity index is 1.95. The number of carboxylic acids is 1. The lowest BCUT2D eigenvalue weighted by atomic mass is 10.2. The highest BCUT2D eigenvalue weighted by atomic mass is 32.2. The zero-order valence-corrected chi connectivity index (χ0v) is 13.6.